The maximum Gasteiger partial charge on any atom is 0.289 e. The van der Waals surface area contributed by atoms with Crippen molar-refractivity contribution in [3.05, 3.63) is 83.9 Å². The molecule has 0 aromatic heterocycles. The van der Waals surface area contributed by atoms with Crippen LogP contribution in [0, 0.1) is 23.2 Å². The van der Waals surface area contributed by atoms with Crippen molar-refractivity contribution in [1.82, 2.24) is 10.6 Å². The molecule has 0 aliphatic carbocycles. The van der Waals surface area contributed by atoms with Crippen molar-refractivity contribution >= 4 is 45.8 Å². The number of primary amides is 1. The Bertz CT molecular complexity index is 1610. The molecule has 0 bridgehead atoms. The second kappa shape index (κ2) is 17.5. The molecule has 48 heavy (non-hydrogen) atoms. The van der Waals surface area contributed by atoms with E-state index in [1.165, 1.54) is 0 Å². The molecule has 4 unspecified atom stereocenters. The first-order valence-corrected chi connectivity index (χ1v) is 16.6. The Labute approximate surface area is 283 Å². The highest BCUT2D eigenvalue weighted by atomic mass is 16.2. The van der Waals surface area contributed by atoms with Crippen LogP contribution in [-0.2, 0) is 41.6 Å². The van der Waals surface area contributed by atoms with E-state index in [-0.39, 0.29) is 42.8 Å². The van der Waals surface area contributed by atoms with E-state index < -0.39 is 53.7 Å². The van der Waals surface area contributed by atoms with Gasteiger partial charge in [-0.05, 0) is 46.1 Å². The van der Waals surface area contributed by atoms with Crippen molar-refractivity contribution in [2.75, 3.05) is 6.54 Å². The molecule has 3 amide bonds. The van der Waals surface area contributed by atoms with Gasteiger partial charge in [-0.15, -0.1) is 0 Å². The minimum absolute atomic E-state index is 0.000345. The van der Waals surface area contributed by atoms with Crippen molar-refractivity contribution < 1.29 is 28.8 Å². The fourth-order valence-corrected chi connectivity index (χ4v) is 5.82. The highest BCUT2D eigenvalue weighted by Crippen LogP contribution is 2.28. The second-order valence-corrected chi connectivity index (χ2v) is 14.0. The van der Waals surface area contributed by atoms with Gasteiger partial charge in [0.1, 0.15) is 5.78 Å². The number of hydrogen-bond donors (Lipinski definition) is 3. The lowest BCUT2D eigenvalue weighted by molar-refractivity contribution is -0.142. The number of ketones is 3. The highest BCUT2D eigenvalue weighted by molar-refractivity contribution is 6.38. The molecule has 9 heteroatoms. The van der Waals surface area contributed by atoms with Crippen LogP contribution in [0.15, 0.2) is 72.8 Å². The third-order valence-corrected chi connectivity index (χ3v) is 8.58. The van der Waals surface area contributed by atoms with Gasteiger partial charge in [0.25, 0.3) is 5.91 Å². The minimum Gasteiger partial charge on any atom is -0.369 e. The molecule has 3 aromatic rings. The fourth-order valence-electron chi connectivity index (χ4n) is 5.82. The Morgan fingerprint density at radius 2 is 1.40 bits per heavy atom. The van der Waals surface area contributed by atoms with Crippen LogP contribution in [0.5, 0.6) is 0 Å². The van der Waals surface area contributed by atoms with Gasteiger partial charge in [-0.2, -0.15) is 0 Å². The number of Topliss-reactive ketones (excluding diaryl/α,β-unsaturated/α-hetero) is 3. The molecule has 256 valence electrons. The lowest BCUT2D eigenvalue weighted by atomic mass is 9.81. The van der Waals surface area contributed by atoms with Crippen molar-refractivity contribution in [1.29, 1.82) is 0 Å². The topological polar surface area (TPSA) is 152 Å². The van der Waals surface area contributed by atoms with Gasteiger partial charge in [0, 0.05) is 31.1 Å². The number of nitrogens with one attached hydrogen (secondary N) is 2. The molecule has 3 aromatic carbocycles. The highest BCUT2D eigenvalue weighted by Gasteiger charge is 2.35. The molecular weight excluding hydrogens is 606 g/mol. The fraction of sp³-hybridized carbons (Fsp3) is 0.436. The molecule has 0 heterocycles. The van der Waals surface area contributed by atoms with Gasteiger partial charge in [0.05, 0.1) is 12.6 Å². The van der Waals surface area contributed by atoms with Crippen molar-refractivity contribution in [3.63, 3.8) is 0 Å². The SMILES string of the molecule is CCC(C)C(NC(=O)C(CC(=O)Cc1ccccc1)CC(C)(C)C)C(=O)C(=O)NCC(=O)CC(Cc1ccc2ccccc2c1)C(N)=O. The summed E-state index contributed by atoms with van der Waals surface area (Å²) in [5, 5.41) is 7.20. The zero-order valence-corrected chi connectivity index (χ0v) is 28.7. The Kier molecular flexibility index (Phi) is 13.8. The van der Waals surface area contributed by atoms with Gasteiger partial charge in [-0.1, -0.05) is 114 Å². The zero-order valence-electron chi connectivity index (χ0n) is 28.7. The van der Waals surface area contributed by atoms with E-state index in [4.69, 9.17) is 5.73 Å². The van der Waals surface area contributed by atoms with E-state index in [1.807, 2.05) is 100 Å². The van der Waals surface area contributed by atoms with Crippen LogP contribution in [0.2, 0.25) is 0 Å². The molecule has 4 N–H and O–H groups in total. The van der Waals surface area contributed by atoms with E-state index >= 15 is 0 Å². The van der Waals surface area contributed by atoms with Crippen LogP contribution in [0.4, 0.5) is 0 Å². The average molecular weight is 656 g/mol. The maximum atomic E-state index is 13.6. The third kappa shape index (κ3) is 11.9. The van der Waals surface area contributed by atoms with Gasteiger partial charge in [0.2, 0.25) is 17.6 Å². The number of carbonyl (C=O) groups excluding carboxylic acids is 6. The molecule has 4 atom stereocenters. The van der Waals surface area contributed by atoms with Crippen LogP contribution in [0.3, 0.4) is 0 Å². The summed E-state index contributed by atoms with van der Waals surface area (Å²) in [6.45, 7) is 9.05. The van der Waals surface area contributed by atoms with Crippen LogP contribution >= 0.6 is 0 Å². The Morgan fingerprint density at radius 1 is 0.771 bits per heavy atom. The van der Waals surface area contributed by atoms with Crippen LogP contribution in [-0.4, -0.2) is 47.7 Å². The van der Waals surface area contributed by atoms with E-state index in [0.717, 1.165) is 21.9 Å². The van der Waals surface area contributed by atoms with Crippen LogP contribution in [0.1, 0.15) is 71.4 Å². The Morgan fingerprint density at radius 3 is 2.02 bits per heavy atom. The standard InChI is InChI=1S/C39H49N3O6/c1-6-25(2)34(42-37(47)31(23-39(3,4)5)22-32(43)20-26-12-8-7-9-13-26)35(45)38(48)41-24-33(44)21-30(36(40)46)19-27-16-17-28-14-10-11-15-29(28)18-27/h7-18,25,30-31,34H,6,19-24H2,1-5H3,(H2,40,46)(H,41,48)(H,42,47). The summed E-state index contributed by atoms with van der Waals surface area (Å²) in [6.07, 6.45) is 1.15. The van der Waals surface area contributed by atoms with E-state index in [9.17, 15) is 28.8 Å². The average Bonchev–Trinajstić information content (AvgIpc) is 3.04. The van der Waals surface area contributed by atoms with Gasteiger partial charge in [-0.25, -0.2) is 0 Å². The second-order valence-electron chi connectivity index (χ2n) is 14.0. The number of rotatable bonds is 18. The first-order chi connectivity index (χ1) is 22.7. The molecule has 0 saturated heterocycles. The van der Waals surface area contributed by atoms with Gasteiger partial charge in [-0.3, -0.25) is 28.8 Å². The number of nitrogens with two attached hydrogens (primary N) is 1. The lowest BCUT2D eigenvalue weighted by Gasteiger charge is -2.28. The normalized spacial score (nSPS) is 13.9. The van der Waals surface area contributed by atoms with E-state index in [2.05, 4.69) is 10.6 Å². The number of fused-ring (bicyclic) bond motifs is 1. The molecule has 0 aliphatic heterocycles. The quantitative estimate of drug-likeness (QED) is 0.166. The summed E-state index contributed by atoms with van der Waals surface area (Å²) >= 11 is 0. The zero-order chi connectivity index (χ0) is 35.4. The predicted octanol–water partition coefficient (Wildman–Crippen LogP) is 4.91. The first-order valence-electron chi connectivity index (χ1n) is 16.6. The predicted molar refractivity (Wildman–Crippen MR) is 187 cm³/mol. The smallest absolute Gasteiger partial charge is 0.289 e. The first kappa shape index (κ1) is 37.8. The monoisotopic (exact) mass is 655 g/mol. The molecule has 0 saturated carbocycles. The summed E-state index contributed by atoms with van der Waals surface area (Å²) < 4.78 is 0. The molecule has 0 aliphatic rings. The molecule has 0 fully saturated rings. The van der Waals surface area contributed by atoms with Crippen molar-refractivity contribution in [2.45, 2.75) is 79.2 Å². The van der Waals surface area contributed by atoms with Gasteiger partial charge < -0.3 is 16.4 Å². The van der Waals surface area contributed by atoms with E-state index in [1.54, 1.807) is 6.92 Å². The van der Waals surface area contributed by atoms with Gasteiger partial charge >= 0.3 is 0 Å². The Hall–Kier alpha value is -4.66. The summed E-state index contributed by atoms with van der Waals surface area (Å²) in [6, 6.07) is 21.7. The number of benzene rings is 3. The third-order valence-electron chi connectivity index (χ3n) is 8.58. The van der Waals surface area contributed by atoms with Crippen molar-refractivity contribution in [2.24, 2.45) is 28.9 Å². The van der Waals surface area contributed by atoms with Crippen LogP contribution in [0.25, 0.3) is 10.8 Å². The number of amides is 3. The molecule has 0 spiro atoms. The molecular formula is C39H49N3O6. The van der Waals surface area contributed by atoms with Gasteiger partial charge in [0.15, 0.2) is 5.78 Å². The van der Waals surface area contributed by atoms with Crippen LogP contribution < -0.4 is 16.4 Å². The summed E-state index contributed by atoms with van der Waals surface area (Å²) in [5.41, 5.74) is 7.05. The largest absolute Gasteiger partial charge is 0.369 e. The van der Waals surface area contributed by atoms with Crippen molar-refractivity contribution in [3.8, 4) is 0 Å². The molecule has 9 nitrogen and oxygen atoms in total. The minimum atomic E-state index is -1.14. The Balaban J connectivity index is 1.63. The summed E-state index contributed by atoms with van der Waals surface area (Å²) in [4.78, 5) is 78.0. The summed E-state index contributed by atoms with van der Waals surface area (Å²) in [5.74, 6) is -5.40. The maximum absolute atomic E-state index is 13.6. The number of carbonyl (C=O) groups is 6. The molecule has 3 rings (SSSR count). The number of hydrogen-bond acceptors (Lipinski definition) is 6. The molecule has 0 radical (unpaired) electrons. The lowest BCUT2D eigenvalue weighted by Crippen LogP contribution is -2.53. The van der Waals surface area contributed by atoms with E-state index in [0.29, 0.717) is 12.8 Å². The summed E-state index contributed by atoms with van der Waals surface area (Å²) in [7, 11) is 0.